The minimum Gasteiger partial charge on any atom is -1.00 e. The maximum absolute atomic E-state index is 6.74. The van der Waals surface area contributed by atoms with Gasteiger partial charge in [0, 0.05) is 0 Å². The van der Waals surface area contributed by atoms with Crippen LogP contribution < -0.4 is 31.5 Å². The molecule has 0 N–H and O–H groups in total. The largest absolute Gasteiger partial charge is 1.00 e. The van der Waals surface area contributed by atoms with E-state index < -0.39 is 19.9 Å². The Balaban J connectivity index is 0.00000185. The van der Waals surface area contributed by atoms with E-state index in [1.807, 2.05) is 12.3 Å². The van der Waals surface area contributed by atoms with Gasteiger partial charge in [0.05, 0.1) is 0 Å². The fourth-order valence-electron chi connectivity index (χ4n) is 5.79. The number of halogens is 2. The van der Waals surface area contributed by atoms with Crippen LogP contribution in [0.4, 0.5) is 0 Å². The Morgan fingerprint density at radius 3 is 1.52 bits per heavy atom. The van der Waals surface area contributed by atoms with Gasteiger partial charge in [-0.3, -0.25) is 0 Å². The van der Waals surface area contributed by atoms with Crippen molar-refractivity contribution >= 4 is 21.5 Å². The number of hydrogen-bond acceptors (Lipinski definition) is 3. The van der Waals surface area contributed by atoms with Crippen LogP contribution in [0.25, 0.3) is 21.5 Å². The van der Waals surface area contributed by atoms with Gasteiger partial charge in [-0.2, -0.15) is 0 Å². The average molecular weight is 606 g/mol. The van der Waals surface area contributed by atoms with Crippen LogP contribution in [0.15, 0.2) is 85.1 Å². The van der Waals surface area contributed by atoms with E-state index in [9.17, 15) is 0 Å². The van der Waals surface area contributed by atoms with Gasteiger partial charge in [-0.05, 0) is 0 Å². The van der Waals surface area contributed by atoms with Gasteiger partial charge in [0.2, 0.25) is 0 Å². The summed E-state index contributed by atoms with van der Waals surface area (Å²) in [4.78, 5) is 4.87. The zero-order valence-corrected chi connectivity index (χ0v) is 26.8. The number of aromatic nitrogens is 1. The third-order valence-electron chi connectivity index (χ3n) is 7.57. The number of rotatable bonds is 1. The zero-order chi connectivity index (χ0) is 26.7. The average Bonchev–Trinajstić information content (AvgIpc) is 2.87. The summed E-state index contributed by atoms with van der Waals surface area (Å²) in [7, 11) is 0. The first kappa shape index (κ1) is 30.4. The molecule has 1 aliphatic heterocycles. The Kier molecular flexibility index (Phi) is 8.65. The molecule has 4 aromatic carbocycles. The monoisotopic (exact) mass is 605 g/mol. The molecule has 6 heteroatoms. The summed E-state index contributed by atoms with van der Waals surface area (Å²) in [6.45, 7) is 13.6. The van der Waals surface area contributed by atoms with E-state index in [0.29, 0.717) is 0 Å². The van der Waals surface area contributed by atoms with Gasteiger partial charge in [-0.1, -0.05) is 0 Å². The number of hydrogen-bond donors (Lipinski definition) is 0. The molecule has 0 saturated carbocycles. The molecular weight excluding hydrogens is 573 g/mol. The van der Waals surface area contributed by atoms with E-state index in [2.05, 4.69) is 114 Å². The summed E-state index contributed by atoms with van der Waals surface area (Å²) in [5, 5.41) is 4.75. The predicted molar refractivity (Wildman–Crippen MR) is 152 cm³/mol. The van der Waals surface area contributed by atoms with E-state index in [1.165, 1.54) is 32.7 Å². The Labute approximate surface area is 259 Å². The zero-order valence-electron chi connectivity index (χ0n) is 23.7. The van der Waals surface area contributed by atoms with Gasteiger partial charge < -0.3 is 24.8 Å². The second kappa shape index (κ2) is 11.4. The summed E-state index contributed by atoms with van der Waals surface area (Å²) < 4.78 is 13.5. The SMILES string of the molecule is CC(C)(C)c1cccc2ccc3c(c12)[O][Ti+2][O]c1c(ccc2cccc(C(C)(C)C)c12)C3c1ccccn1.[Cl-].[Cl-]. The fraction of sp³-hybridized carbons (Fsp3) is 0.265. The third-order valence-corrected chi connectivity index (χ3v) is 8.46. The van der Waals surface area contributed by atoms with Crippen molar-refractivity contribution in [1.82, 2.24) is 4.98 Å². The Morgan fingerprint density at radius 2 is 1.10 bits per heavy atom. The summed E-state index contributed by atoms with van der Waals surface area (Å²) in [5.41, 5.74) is 5.79. The Hall–Kier alpha value is -2.56. The summed E-state index contributed by atoms with van der Waals surface area (Å²) >= 11 is -1.23. The van der Waals surface area contributed by atoms with Gasteiger partial charge in [0.15, 0.2) is 0 Å². The molecule has 0 amide bonds. The van der Waals surface area contributed by atoms with Crippen molar-refractivity contribution in [3.63, 3.8) is 0 Å². The Bertz CT molecular complexity index is 1570. The molecule has 2 heterocycles. The third kappa shape index (κ3) is 5.26. The maximum Gasteiger partial charge on any atom is -1.00 e. The molecule has 0 aliphatic carbocycles. The van der Waals surface area contributed by atoms with Gasteiger partial charge in [-0.25, -0.2) is 0 Å². The standard InChI is InChI=1S/C34H35NO2.2ClH.Ti/c1-33(2,3)25-13-9-11-21-16-18-23(31(36)28(21)25)30(27-15-7-8-20-35-27)24-19-17-22-12-10-14-26(34(4,5)6)29(22)32(24)37;;;/h7-20,30,36-37H,1-6H3;2*1H;/q;;;+4/p-4. The molecule has 0 fully saturated rings. The molecule has 204 valence electrons. The van der Waals surface area contributed by atoms with Crippen LogP contribution in [0.1, 0.15) is 75.4 Å². The summed E-state index contributed by atoms with van der Waals surface area (Å²) in [6, 6.07) is 28.3. The first-order valence-electron chi connectivity index (χ1n) is 13.3. The molecule has 40 heavy (non-hydrogen) atoms. The van der Waals surface area contributed by atoms with Crippen molar-refractivity contribution in [2.45, 2.75) is 58.3 Å². The van der Waals surface area contributed by atoms with Crippen molar-refractivity contribution in [3.05, 3.63) is 113 Å². The van der Waals surface area contributed by atoms with Crippen molar-refractivity contribution in [2.75, 3.05) is 0 Å². The molecule has 1 aromatic heterocycles. The smallest absolute Gasteiger partial charge is 1.00 e. The van der Waals surface area contributed by atoms with Crippen LogP contribution in [0.5, 0.6) is 11.5 Å². The van der Waals surface area contributed by atoms with Crippen molar-refractivity contribution < 1.29 is 51.4 Å². The van der Waals surface area contributed by atoms with Gasteiger partial charge >= 0.3 is 236 Å². The normalized spacial score (nSPS) is 13.2. The van der Waals surface area contributed by atoms with Crippen LogP contribution in [0, 0.1) is 0 Å². The number of fused-ring (bicyclic) bond motifs is 6. The molecule has 0 unspecified atom stereocenters. The summed E-state index contributed by atoms with van der Waals surface area (Å²) in [6.07, 6.45) is 1.88. The fourth-order valence-corrected chi connectivity index (χ4v) is 6.80. The van der Waals surface area contributed by atoms with Crippen molar-refractivity contribution in [3.8, 4) is 11.5 Å². The molecular formula is C34H33Cl2NO2Ti. The van der Waals surface area contributed by atoms with Crippen LogP contribution in [0.2, 0.25) is 0 Å². The van der Waals surface area contributed by atoms with Gasteiger partial charge in [0.25, 0.3) is 0 Å². The van der Waals surface area contributed by atoms with Crippen LogP contribution >= 0.6 is 0 Å². The van der Waals surface area contributed by atoms with Crippen molar-refractivity contribution in [2.24, 2.45) is 0 Å². The first-order valence-corrected chi connectivity index (χ1v) is 14.5. The van der Waals surface area contributed by atoms with Crippen molar-refractivity contribution in [1.29, 1.82) is 0 Å². The molecule has 1 aliphatic rings. The number of pyridine rings is 1. The van der Waals surface area contributed by atoms with E-state index in [1.54, 1.807) is 0 Å². The minimum absolute atomic E-state index is 0. The summed E-state index contributed by atoms with van der Waals surface area (Å²) in [5.74, 6) is 1.76. The maximum atomic E-state index is 6.74. The predicted octanol–water partition coefficient (Wildman–Crippen LogP) is 2.85. The second-order valence-corrected chi connectivity index (χ2v) is 13.1. The second-order valence-electron chi connectivity index (χ2n) is 12.3. The Morgan fingerprint density at radius 1 is 0.600 bits per heavy atom. The molecule has 0 spiro atoms. The number of benzene rings is 4. The van der Waals surface area contributed by atoms with Gasteiger partial charge in [0.1, 0.15) is 0 Å². The molecule has 0 atom stereocenters. The minimum atomic E-state index is -1.23. The van der Waals surface area contributed by atoms with Gasteiger partial charge in [-0.15, -0.1) is 0 Å². The molecule has 3 nitrogen and oxygen atoms in total. The first-order chi connectivity index (χ1) is 18.1. The quantitative estimate of drug-likeness (QED) is 0.276. The van der Waals surface area contributed by atoms with E-state index in [-0.39, 0.29) is 41.6 Å². The molecule has 5 aromatic rings. The molecule has 0 saturated heterocycles. The molecule has 6 rings (SSSR count). The van der Waals surface area contributed by atoms with E-state index >= 15 is 0 Å². The van der Waals surface area contributed by atoms with Crippen LogP contribution in [-0.4, -0.2) is 4.98 Å². The number of nitrogens with zero attached hydrogens (tertiary/aromatic N) is 1. The van der Waals surface area contributed by atoms with E-state index in [0.717, 1.165) is 28.3 Å². The van der Waals surface area contributed by atoms with E-state index in [4.69, 9.17) is 11.6 Å². The molecule has 0 bridgehead atoms. The van der Waals surface area contributed by atoms with Crippen LogP contribution in [0.3, 0.4) is 0 Å². The topological polar surface area (TPSA) is 31.4 Å². The molecule has 0 radical (unpaired) electrons. The van der Waals surface area contributed by atoms with Crippen LogP contribution in [-0.2, 0) is 30.8 Å².